The molecule has 0 fully saturated rings. The zero-order valence-electron chi connectivity index (χ0n) is 14.6. The molecule has 0 aliphatic rings. The summed E-state index contributed by atoms with van der Waals surface area (Å²) in [5.74, 6) is 0.417. The van der Waals surface area contributed by atoms with E-state index in [0.29, 0.717) is 17.2 Å². The quantitative estimate of drug-likeness (QED) is 0.760. The molecule has 0 atom stereocenters. The first-order chi connectivity index (χ1) is 12.5. The Balaban J connectivity index is 1.79. The van der Waals surface area contributed by atoms with Gasteiger partial charge in [0.25, 0.3) is 5.91 Å². The number of amides is 1. The highest BCUT2D eigenvalue weighted by Crippen LogP contribution is 2.16. The summed E-state index contributed by atoms with van der Waals surface area (Å²) in [6, 6.07) is 17.4. The SMILES string of the molecule is Cc1nc(NCc2ccccc2F)cc(C(=O)N(C)c2ccccc2)n1. The van der Waals surface area contributed by atoms with E-state index in [2.05, 4.69) is 15.3 Å². The van der Waals surface area contributed by atoms with Crippen molar-refractivity contribution < 1.29 is 9.18 Å². The lowest BCUT2D eigenvalue weighted by Crippen LogP contribution is -2.27. The van der Waals surface area contributed by atoms with Crippen LogP contribution in [0.1, 0.15) is 21.9 Å². The Kier molecular flexibility index (Phi) is 5.22. The molecule has 26 heavy (non-hydrogen) atoms. The van der Waals surface area contributed by atoms with Gasteiger partial charge in [0, 0.05) is 30.9 Å². The number of hydrogen-bond donors (Lipinski definition) is 1. The fraction of sp³-hybridized carbons (Fsp3) is 0.150. The van der Waals surface area contributed by atoms with Crippen LogP contribution in [0.25, 0.3) is 0 Å². The third-order valence-corrected chi connectivity index (χ3v) is 3.92. The van der Waals surface area contributed by atoms with Crippen molar-refractivity contribution in [1.29, 1.82) is 0 Å². The van der Waals surface area contributed by atoms with Crippen LogP contribution in [0.4, 0.5) is 15.9 Å². The highest BCUT2D eigenvalue weighted by molar-refractivity contribution is 6.04. The van der Waals surface area contributed by atoms with Crippen LogP contribution in [0, 0.1) is 12.7 Å². The summed E-state index contributed by atoms with van der Waals surface area (Å²) in [5.41, 5.74) is 1.58. The molecule has 3 rings (SSSR count). The fourth-order valence-electron chi connectivity index (χ4n) is 2.54. The van der Waals surface area contributed by atoms with Gasteiger partial charge in [0.15, 0.2) is 0 Å². The maximum Gasteiger partial charge on any atom is 0.276 e. The summed E-state index contributed by atoms with van der Waals surface area (Å²) < 4.78 is 13.7. The molecule has 0 spiro atoms. The molecule has 0 saturated carbocycles. The van der Waals surface area contributed by atoms with Gasteiger partial charge < -0.3 is 10.2 Å². The van der Waals surface area contributed by atoms with Crippen LogP contribution in [-0.4, -0.2) is 22.9 Å². The maximum atomic E-state index is 13.7. The number of carbonyl (C=O) groups excluding carboxylic acids is 1. The summed E-state index contributed by atoms with van der Waals surface area (Å²) in [7, 11) is 1.70. The molecular weight excluding hydrogens is 331 g/mol. The summed E-state index contributed by atoms with van der Waals surface area (Å²) in [6.07, 6.45) is 0. The third-order valence-electron chi connectivity index (χ3n) is 3.92. The molecule has 1 N–H and O–H groups in total. The number of rotatable bonds is 5. The second kappa shape index (κ2) is 7.74. The highest BCUT2D eigenvalue weighted by atomic mass is 19.1. The zero-order chi connectivity index (χ0) is 18.5. The molecule has 1 aromatic heterocycles. The predicted octanol–water partition coefficient (Wildman–Crippen LogP) is 3.81. The Morgan fingerprint density at radius 3 is 2.50 bits per heavy atom. The Morgan fingerprint density at radius 1 is 1.08 bits per heavy atom. The van der Waals surface area contributed by atoms with Crippen molar-refractivity contribution in [1.82, 2.24) is 9.97 Å². The van der Waals surface area contributed by atoms with Crippen molar-refractivity contribution in [2.75, 3.05) is 17.3 Å². The third kappa shape index (κ3) is 4.03. The lowest BCUT2D eigenvalue weighted by molar-refractivity contribution is 0.0988. The lowest BCUT2D eigenvalue weighted by atomic mass is 10.2. The number of carbonyl (C=O) groups is 1. The number of para-hydroxylation sites is 1. The second-order valence-electron chi connectivity index (χ2n) is 5.83. The van der Waals surface area contributed by atoms with Crippen molar-refractivity contribution in [2.45, 2.75) is 13.5 Å². The van der Waals surface area contributed by atoms with Crippen molar-refractivity contribution in [2.24, 2.45) is 0 Å². The minimum atomic E-state index is -0.286. The van der Waals surface area contributed by atoms with Crippen molar-refractivity contribution in [3.8, 4) is 0 Å². The molecule has 5 nitrogen and oxygen atoms in total. The number of anilines is 2. The molecule has 0 radical (unpaired) electrons. The average Bonchev–Trinajstić information content (AvgIpc) is 2.66. The second-order valence-corrected chi connectivity index (χ2v) is 5.83. The molecule has 132 valence electrons. The largest absolute Gasteiger partial charge is 0.366 e. The smallest absolute Gasteiger partial charge is 0.276 e. The summed E-state index contributed by atoms with van der Waals surface area (Å²) in [5, 5.41) is 3.05. The fourth-order valence-corrected chi connectivity index (χ4v) is 2.54. The van der Waals surface area contributed by atoms with Crippen LogP contribution >= 0.6 is 0 Å². The molecule has 1 heterocycles. The van der Waals surface area contributed by atoms with Crippen LogP contribution in [0.5, 0.6) is 0 Å². The standard InChI is InChI=1S/C20H19FN4O/c1-14-23-18(20(26)25(2)16-9-4-3-5-10-16)12-19(24-14)22-13-15-8-6-7-11-17(15)21/h3-12H,13H2,1-2H3,(H,22,23,24). The number of halogens is 1. The summed E-state index contributed by atoms with van der Waals surface area (Å²) in [6.45, 7) is 1.98. The van der Waals surface area contributed by atoms with Gasteiger partial charge >= 0.3 is 0 Å². The van der Waals surface area contributed by atoms with Crippen LogP contribution in [0.2, 0.25) is 0 Å². The highest BCUT2D eigenvalue weighted by Gasteiger charge is 2.16. The topological polar surface area (TPSA) is 58.1 Å². The monoisotopic (exact) mass is 350 g/mol. The van der Waals surface area contributed by atoms with E-state index in [1.165, 1.54) is 11.0 Å². The Labute approximate surface area is 151 Å². The van der Waals surface area contributed by atoms with Gasteiger partial charge in [0.2, 0.25) is 0 Å². The van der Waals surface area contributed by atoms with Crippen molar-refractivity contribution in [3.63, 3.8) is 0 Å². The zero-order valence-corrected chi connectivity index (χ0v) is 14.6. The lowest BCUT2D eigenvalue weighted by Gasteiger charge is -2.17. The molecule has 1 amide bonds. The normalized spacial score (nSPS) is 10.4. The van der Waals surface area contributed by atoms with Crippen molar-refractivity contribution in [3.05, 3.63) is 83.6 Å². The van der Waals surface area contributed by atoms with Gasteiger partial charge in [-0.2, -0.15) is 0 Å². The van der Waals surface area contributed by atoms with Gasteiger partial charge in [-0.3, -0.25) is 4.79 Å². The number of benzene rings is 2. The van der Waals surface area contributed by atoms with E-state index < -0.39 is 0 Å². The van der Waals surface area contributed by atoms with E-state index in [1.807, 2.05) is 30.3 Å². The van der Waals surface area contributed by atoms with Crippen LogP contribution < -0.4 is 10.2 Å². The maximum absolute atomic E-state index is 13.7. The van der Waals surface area contributed by atoms with Gasteiger partial charge in [-0.1, -0.05) is 36.4 Å². The van der Waals surface area contributed by atoms with E-state index >= 15 is 0 Å². The molecule has 2 aromatic carbocycles. The molecule has 6 heteroatoms. The Morgan fingerprint density at radius 2 is 1.77 bits per heavy atom. The van der Waals surface area contributed by atoms with Gasteiger partial charge in [0.05, 0.1) is 0 Å². The molecule has 0 unspecified atom stereocenters. The van der Waals surface area contributed by atoms with Crippen LogP contribution in [0.15, 0.2) is 60.7 Å². The Hall–Kier alpha value is -3.28. The molecular formula is C20H19FN4O. The summed E-state index contributed by atoms with van der Waals surface area (Å²) in [4.78, 5) is 22.8. The molecule has 3 aromatic rings. The van der Waals surface area contributed by atoms with Gasteiger partial charge in [0.1, 0.15) is 23.2 Å². The van der Waals surface area contributed by atoms with Crippen LogP contribution in [0.3, 0.4) is 0 Å². The number of hydrogen-bond acceptors (Lipinski definition) is 4. The minimum absolute atomic E-state index is 0.240. The van der Waals surface area contributed by atoms with E-state index in [4.69, 9.17) is 0 Å². The summed E-state index contributed by atoms with van der Waals surface area (Å²) >= 11 is 0. The number of aryl methyl sites for hydroxylation is 1. The first-order valence-electron chi connectivity index (χ1n) is 8.20. The number of nitrogens with one attached hydrogen (secondary N) is 1. The van der Waals surface area contributed by atoms with Crippen molar-refractivity contribution >= 4 is 17.4 Å². The molecule has 0 aliphatic carbocycles. The first kappa shape index (κ1) is 17.5. The van der Waals surface area contributed by atoms with E-state index in [-0.39, 0.29) is 24.0 Å². The molecule has 0 bridgehead atoms. The first-order valence-corrected chi connectivity index (χ1v) is 8.20. The van der Waals surface area contributed by atoms with Crippen LogP contribution in [-0.2, 0) is 6.54 Å². The molecule has 0 aliphatic heterocycles. The predicted molar refractivity (Wildman–Crippen MR) is 99.7 cm³/mol. The Bertz CT molecular complexity index is 915. The van der Waals surface area contributed by atoms with E-state index in [9.17, 15) is 9.18 Å². The average molecular weight is 350 g/mol. The minimum Gasteiger partial charge on any atom is -0.366 e. The number of nitrogens with zero attached hydrogens (tertiary/aromatic N) is 3. The van der Waals surface area contributed by atoms with Gasteiger partial charge in [-0.25, -0.2) is 14.4 Å². The van der Waals surface area contributed by atoms with Gasteiger partial charge in [-0.05, 0) is 25.1 Å². The molecule has 0 saturated heterocycles. The van der Waals surface area contributed by atoms with E-state index in [0.717, 1.165) is 5.69 Å². The van der Waals surface area contributed by atoms with E-state index in [1.54, 1.807) is 38.2 Å². The van der Waals surface area contributed by atoms with Gasteiger partial charge in [-0.15, -0.1) is 0 Å². The number of aromatic nitrogens is 2.